The molecule has 1 amide bonds. The van der Waals surface area contributed by atoms with Crippen LogP contribution in [0.5, 0.6) is 0 Å². The minimum Gasteiger partial charge on any atom is -0.481 e. The number of carbonyl (C=O) groups excluding carboxylic acids is 1. The first-order chi connectivity index (χ1) is 11.4. The van der Waals surface area contributed by atoms with Gasteiger partial charge in [-0.2, -0.15) is 0 Å². The summed E-state index contributed by atoms with van der Waals surface area (Å²) >= 11 is 0. The molecule has 2 heterocycles. The number of amides is 1. The van der Waals surface area contributed by atoms with E-state index in [1.165, 1.54) is 25.7 Å². The average molecular weight is 333 g/mol. The number of pyridine rings is 1. The van der Waals surface area contributed by atoms with Gasteiger partial charge in [0.05, 0.1) is 5.56 Å². The smallest absolute Gasteiger partial charge is 0.303 e. The van der Waals surface area contributed by atoms with Crippen LogP contribution in [0.4, 0.5) is 5.82 Å². The zero-order valence-corrected chi connectivity index (χ0v) is 14.5. The summed E-state index contributed by atoms with van der Waals surface area (Å²) < 4.78 is 0. The lowest BCUT2D eigenvalue weighted by molar-refractivity contribution is -0.137. The van der Waals surface area contributed by atoms with Gasteiger partial charge in [-0.25, -0.2) is 4.98 Å². The Bertz CT molecular complexity index is 561. The molecule has 0 bridgehead atoms. The van der Waals surface area contributed by atoms with Crippen molar-refractivity contribution in [1.82, 2.24) is 10.3 Å². The van der Waals surface area contributed by atoms with E-state index >= 15 is 0 Å². The Morgan fingerprint density at radius 3 is 2.42 bits per heavy atom. The molecule has 0 atom stereocenters. The molecule has 2 N–H and O–H groups in total. The number of hydrogen-bond donors (Lipinski definition) is 2. The van der Waals surface area contributed by atoms with Gasteiger partial charge in [-0.1, -0.05) is 12.8 Å². The number of aromatic nitrogens is 1. The first kappa shape index (κ1) is 18.2. The molecule has 1 aliphatic heterocycles. The van der Waals surface area contributed by atoms with Gasteiger partial charge in [-0.05, 0) is 45.2 Å². The first-order valence-electron chi connectivity index (χ1n) is 8.63. The lowest BCUT2D eigenvalue weighted by atomic mass is 9.98. The maximum Gasteiger partial charge on any atom is 0.303 e. The van der Waals surface area contributed by atoms with E-state index in [4.69, 9.17) is 5.11 Å². The lowest BCUT2D eigenvalue weighted by Gasteiger charge is -2.26. The van der Waals surface area contributed by atoms with Crippen molar-refractivity contribution in [3.05, 3.63) is 23.9 Å². The highest BCUT2D eigenvalue weighted by Gasteiger charge is 2.22. The summed E-state index contributed by atoms with van der Waals surface area (Å²) in [7, 11) is 0. The highest BCUT2D eigenvalue weighted by atomic mass is 16.4. The van der Waals surface area contributed by atoms with Crippen LogP contribution in [0.2, 0.25) is 0 Å². The van der Waals surface area contributed by atoms with E-state index in [1.54, 1.807) is 12.3 Å². The fourth-order valence-corrected chi connectivity index (χ4v) is 2.87. The summed E-state index contributed by atoms with van der Waals surface area (Å²) in [5, 5.41) is 11.7. The SMILES string of the molecule is CC(C)(CCC(=O)O)NC(=O)c1ccc(N2CCCCCC2)nc1. The number of carboxylic acids is 1. The second-order valence-electron chi connectivity index (χ2n) is 7.04. The molecule has 1 saturated heterocycles. The van der Waals surface area contributed by atoms with E-state index in [2.05, 4.69) is 15.2 Å². The Balaban J connectivity index is 1.96. The number of aliphatic carboxylic acids is 1. The van der Waals surface area contributed by atoms with E-state index in [1.807, 2.05) is 19.9 Å². The molecule has 0 radical (unpaired) electrons. The van der Waals surface area contributed by atoms with Crippen LogP contribution in [0, 0.1) is 0 Å². The van der Waals surface area contributed by atoms with Gasteiger partial charge < -0.3 is 15.3 Å². The summed E-state index contributed by atoms with van der Waals surface area (Å²) in [6.45, 7) is 5.68. The topological polar surface area (TPSA) is 82.5 Å². The maximum atomic E-state index is 12.3. The van der Waals surface area contributed by atoms with Crippen LogP contribution in [-0.2, 0) is 4.79 Å². The summed E-state index contributed by atoms with van der Waals surface area (Å²) in [4.78, 5) is 29.7. The van der Waals surface area contributed by atoms with Gasteiger partial charge >= 0.3 is 5.97 Å². The van der Waals surface area contributed by atoms with Crippen LogP contribution in [0.3, 0.4) is 0 Å². The normalized spacial score (nSPS) is 15.7. The summed E-state index contributed by atoms with van der Waals surface area (Å²) in [6.07, 6.45) is 6.91. The highest BCUT2D eigenvalue weighted by molar-refractivity contribution is 5.94. The van der Waals surface area contributed by atoms with Crippen molar-refractivity contribution < 1.29 is 14.7 Å². The third-order valence-electron chi connectivity index (χ3n) is 4.36. The average Bonchev–Trinajstić information content (AvgIpc) is 2.82. The van der Waals surface area contributed by atoms with Crippen LogP contribution in [0.1, 0.15) is 62.7 Å². The van der Waals surface area contributed by atoms with Crippen LogP contribution in [0.25, 0.3) is 0 Å². The molecule has 0 unspecified atom stereocenters. The Hall–Kier alpha value is -2.11. The minimum atomic E-state index is -0.860. The summed E-state index contributed by atoms with van der Waals surface area (Å²) in [5.74, 6) is -0.167. The molecule has 0 aromatic carbocycles. The predicted molar refractivity (Wildman–Crippen MR) is 93.3 cm³/mol. The van der Waals surface area contributed by atoms with Gasteiger partial charge in [0, 0.05) is 31.2 Å². The van der Waals surface area contributed by atoms with E-state index in [0.717, 1.165) is 18.9 Å². The molecular weight excluding hydrogens is 306 g/mol. The fourth-order valence-electron chi connectivity index (χ4n) is 2.87. The Kier molecular flexibility index (Phi) is 6.17. The molecule has 24 heavy (non-hydrogen) atoms. The van der Waals surface area contributed by atoms with Gasteiger partial charge in [0.15, 0.2) is 0 Å². The van der Waals surface area contributed by atoms with Gasteiger partial charge in [-0.15, -0.1) is 0 Å². The monoisotopic (exact) mass is 333 g/mol. The number of nitrogens with one attached hydrogen (secondary N) is 1. The van der Waals surface area contributed by atoms with Crippen molar-refractivity contribution in [2.24, 2.45) is 0 Å². The van der Waals surface area contributed by atoms with E-state index in [9.17, 15) is 9.59 Å². The summed E-state index contributed by atoms with van der Waals surface area (Å²) in [6, 6.07) is 3.68. The number of carboxylic acid groups (broad SMARTS) is 1. The van der Waals surface area contributed by atoms with E-state index < -0.39 is 11.5 Å². The molecule has 1 fully saturated rings. The summed E-state index contributed by atoms with van der Waals surface area (Å²) in [5.41, 5.74) is -0.0733. The van der Waals surface area contributed by atoms with Crippen molar-refractivity contribution >= 4 is 17.7 Å². The van der Waals surface area contributed by atoms with Gasteiger partial charge in [-0.3, -0.25) is 9.59 Å². The third-order valence-corrected chi connectivity index (χ3v) is 4.36. The van der Waals surface area contributed by atoms with Crippen molar-refractivity contribution in [2.75, 3.05) is 18.0 Å². The molecule has 132 valence electrons. The quantitative estimate of drug-likeness (QED) is 0.836. The molecule has 1 aromatic rings. The molecule has 1 aliphatic rings. The molecular formula is C18H27N3O3. The van der Waals surface area contributed by atoms with Gasteiger partial charge in [0.1, 0.15) is 5.82 Å². The first-order valence-corrected chi connectivity index (χ1v) is 8.63. The number of hydrogen-bond acceptors (Lipinski definition) is 4. The largest absolute Gasteiger partial charge is 0.481 e. The number of carbonyl (C=O) groups is 2. The molecule has 0 spiro atoms. The zero-order chi connectivity index (χ0) is 17.6. The molecule has 6 nitrogen and oxygen atoms in total. The number of anilines is 1. The van der Waals surface area contributed by atoms with E-state index in [-0.39, 0.29) is 12.3 Å². The van der Waals surface area contributed by atoms with E-state index in [0.29, 0.717) is 12.0 Å². The lowest BCUT2D eigenvalue weighted by Crippen LogP contribution is -2.43. The van der Waals surface area contributed by atoms with Crippen molar-refractivity contribution in [1.29, 1.82) is 0 Å². The molecule has 2 rings (SSSR count). The maximum absolute atomic E-state index is 12.3. The number of nitrogens with zero attached hydrogens (tertiary/aromatic N) is 2. The fraction of sp³-hybridized carbons (Fsp3) is 0.611. The van der Waals surface area contributed by atoms with Crippen LogP contribution in [0.15, 0.2) is 18.3 Å². The molecule has 1 aromatic heterocycles. The van der Waals surface area contributed by atoms with Crippen LogP contribution in [-0.4, -0.2) is 40.6 Å². The Labute approximate surface area is 143 Å². The Morgan fingerprint density at radius 2 is 1.88 bits per heavy atom. The standard InChI is InChI=1S/C18H27N3O3/c1-18(2,10-9-16(22)23)20-17(24)14-7-8-15(19-13-14)21-11-5-3-4-6-12-21/h7-8,13H,3-6,9-12H2,1-2H3,(H,20,24)(H,22,23). The highest BCUT2D eigenvalue weighted by Crippen LogP contribution is 2.18. The van der Waals surface area contributed by atoms with Gasteiger partial charge in [0.2, 0.25) is 0 Å². The third kappa shape index (κ3) is 5.51. The molecule has 0 saturated carbocycles. The zero-order valence-electron chi connectivity index (χ0n) is 14.5. The minimum absolute atomic E-state index is 0.0272. The van der Waals surface area contributed by atoms with Crippen LogP contribution >= 0.6 is 0 Å². The second kappa shape index (κ2) is 8.13. The van der Waals surface area contributed by atoms with Crippen molar-refractivity contribution in [2.45, 2.75) is 57.9 Å². The second-order valence-corrected chi connectivity index (χ2v) is 7.04. The van der Waals surface area contributed by atoms with Crippen molar-refractivity contribution in [3.63, 3.8) is 0 Å². The predicted octanol–water partition coefficient (Wildman–Crippen LogP) is 2.84. The molecule has 6 heteroatoms. The van der Waals surface area contributed by atoms with Crippen LogP contribution < -0.4 is 10.2 Å². The van der Waals surface area contributed by atoms with Crippen molar-refractivity contribution in [3.8, 4) is 0 Å². The number of rotatable bonds is 6. The Morgan fingerprint density at radius 1 is 1.21 bits per heavy atom. The molecule has 0 aliphatic carbocycles. The van der Waals surface area contributed by atoms with Gasteiger partial charge in [0.25, 0.3) is 5.91 Å².